The molecule has 1 unspecified atom stereocenters. The fourth-order valence-corrected chi connectivity index (χ4v) is 2.71. The Balaban J connectivity index is 2.63. The largest absolute Gasteiger partial charge is 0.379 e. The fourth-order valence-electron chi connectivity index (χ4n) is 2.48. The molecule has 0 spiro atoms. The standard InChI is InChI=1S/C18H27ClN2O3/c1-2-3-4-5-6-11-17(23)21-15(12-16(20)22)18(24)13-9-7-8-10-14(13)19/h7-10,15-16,22H,2-6,11-12,20H2,1H3,(H,21,23)/t15-,16?/m1/s1. The molecule has 5 nitrogen and oxygen atoms in total. The van der Waals surface area contributed by atoms with Crippen LogP contribution in [0, 0.1) is 0 Å². The lowest BCUT2D eigenvalue weighted by Crippen LogP contribution is -2.44. The molecule has 1 aromatic carbocycles. The van der Waals surface area contributed by atoms with E-state index in [4.69, 9.17) is 17.3 Å². The minimum absolute atomic E-state index is 0.0500. The van der Waals surface area contributed by atoms with E-state index in [1.54, 1.807) is 24.3 Å². The van der Waals surface area contributed by atoms with Gasteiger partial charge < -0.3 is 16.2 Å². The first kappa shape index (κ1) is 20.6. The van der Waals surface area contributed by atoms with Crippen molar-refractivity contribution in [3.8, 4) is 0 Å². The highest BCUT2D eigenvalue weighted by Gasteiger charge is 2.25. The van der Waals surface area contributed by atoms with Gasteiger partial charge in [-0.3, -0.25) is 9.59 Å². The van der Waals surface area contributed by atoms with Crippen molar-refractivity contribution < 1.29 is 14.7 Å². The molecular weight excluding hydrogens is 328 g/mol. The molecule has 2 atom stereocenters. The van der Waals surface area contributed by atoms with Crippen LogP contribution in [0.2, 0.25) is 5.02 Å². The summed E-state index contributed by atoms with van der Waals surface area (Å²) in [7, 11) is 0. The molecule has 0 radical (unpaired) electrons. The summed E-state index contributed by atoms with van der Waals surface area (Å²) < 4.78 is 0. The van der Waals surface area contributed by atoms with Crippen LogP contribution in [0.3, 0.4) is 0 Å². The Bertz CT molecular complexity index is 535. The second kappa shape index (κ2) is 11.2. The topological polar surface area (TPSA) is 92.4 Å². The maximum atomic E-state index is 12.6. The number of Topliss-reactive ketones (excluding diaryl/α,β-unsaturated/α-hetero) is 1. The van der Waals surface area contributed by atoms with Crippen molar-refractivity contribution >= 4 is 23.3 Å². The average Bonchev–Trinajstić information content (AvgIpc) is 2.53. The summed E-state index contributed by atoms with van der Waals surface area (Å²) in [6.45, 7) is 2.13. The number of rotatable bonds is 11. The Morgan fingerprint density at radius 1 is 1.21 bits per heavy atom. The lowest BCUT2D eigenvalue weighted by molar-refractivity contribution is -0.121. The summed E-state index contributed by atoms with van der Waals surface area (Å²) in [5.41, 5.74) is 5.71. The highest BCUT2D eigenvalue weighted by molar-refractivity contribution is 6.34. The van der Waals surface area contributed by atoms with Gasteiger partial charge in [0.1, 0.15) is 6.23 Å². The first-order valence-electron chi connectivity index (χ1n) is 8.47. The molecule has 1 amide bonds. The van der Waals surface area contributed by atoms with Gasteiger partial charge in [0.15, 0.2) is 5.78 Å². The van der Waals surface area contributed by atoms with Crippen molar-refractivity contribution in [2.75, 3.05) is 0 Å². The number of halogens is 1. The monoisotopic (exact) mass is 354 g/mol. The number of aliphatic hydroxyl groups is 1. The van der Waals surface area contributed by atoms with Crippen molar-refractivity contribution in [3.05, 3.63) is 34.9 Å². The third-order valence-electron chi connectivity index (χ3n) is 3.78. The summed E-state index contributed by atoms with van der Waals surface area (Å²) >= 11 is 6.04. The van der Waals surface area contributed by atoms with Crippen LogP contribution >= 0.6 is 11.6 Å². The molecule has 0 aliphatic carbocycles. The molecule has 0 aromatic heterocycles. The van der Waals surface area contributed by atoms with Gasteiger partial charge in [-0.05, 0) is 18.6 Å². The molecule has 0 aliphatic rings. The van der Waals surface area contributed by atoms with E-state index in [1.807, 2.05) is 0 Å². The van der Waals surface area contributed by atoms with Crippen LogP contribution in [0.5, 0.6) is 0 Å². The van der Waals surface area contributed by atoms with Crippen LogP contribution < -0.4 is 11.1 Å². The van der Waals surface area contributed by atoms with Gasteiger partial charge in [-0.15, -0.1) is 0 Å². The van der Waals surface area contributed by atoms with Gasteiger partial charge >= 0.3 is 0 Å². The predicted molar refractivity (Wildman–Crippen MR) is 95.9 cm³/mol. The molecule has 4 N–H and O–H groups in total. The number of carbonyl (C=O) groups is 2. The Morgan fingerprint density at radius 3 is 2.50 bits per heavy atom. The highest BCUT2D eigenvalue weighted by Crippen LogP contribution is 2.18. The van der Waals surface area contributed by atoms with Crippen molar-refractivity contribution in [1.82, 2.24) is 5.32 Å². The average molecular weight is 355 g/mol. The minimum atomic E-state index is -1.19. The van der Waals surface area contributed by atoms with E-state index in [9.17, 15) is 14.7 Å². The van der Waals surface area contributed by atoms with Crippen LogP contribution in [0.25, 0.3) is 0 Å². The molecule has 134 valence electrons. The zero-order chi connectivity index (χ0) is 17.9. The lowest BCUT2D eigenvalue weighted by Gasteiger charge is -2.19. The maximum absolute atomic E-state index is 12.6. The number of benzene rings is 1. The molecule has 0 fully saturated rings. The Morgan fingerprint density at radius 2 is 1.88 bits per heavy atom. The number of unbranched alkanes of at least 4 members (excludes halogenated alkanes) is 4. The minimum Gasteiger partial charge on any atom is -0.379 e. The maximum Gasteiger partial charge on any atom is 0.220 e. The predicted octanol–water partition coefficient (Wildman–Crippen LogP) is 3.04. The summed E-state index contributed by atoms with van der Waals surface area (Å²) in [6, 6.07) is 5.75. The smallest absolute Gasteiger partial charge is 0.220 e. The molecule has 0 saturated carbocycles. The quantitative estimate of drug-likeness (QED) is 0.323. The first-order valence-corrected chi connectivity index (χ1v) is 8.85. The van der Waals surface area contributed by atoms with E-state index in [1.165, 1.54) is 0 Å². The Kier molecular flexibility index (Phi) is 9.60. The molecule has 0 heterocycles. The van der Waals surface area contributed by atoms with Crippen LogP contribution in [0.4, 0.5) is 0 Å². The van der Waals surface area contributed by atoms with Gasteiger partial charge in [0.05, 0.1) is 11.1 Å². The molecule has 24 heavy (non-hydrogen) atoms. The normalized spacial score (nSPS) is 13.3. The van der Waals surface area contributed by atoms with Crippen molar-refractivity contribution in [2.45, 2.75) is 64.1 Å². The summed E-state index contributed by atoms with van der Waals surface area (Å²) in [6.07, 6.45) is 4.30. The third-order valence-corrected chi connectivity index (χ3v) is 4.11. The van der Waals surface area contributed by atoms with E-state index >= 15 is 0 Å². The van der Waals surface area contributed by atoms with Gasteiger partial charge in [0.2, 0.25) is 5.91 Å². The fraction of sp³-hybridized carbons (Fsp3) is 0.556. The van der Waals surface area contributed by atoms with Crippen LogP contribution in [-0.2, 0) is 4.79 Å². The first-order chi connectivity index (χ1) is 11.5. The van der Waals surface area contributed by atoms with Crippen LogP contribution in [0.1, 0.15) is 62.2 Å². The van der Waals surface area contributed by atoms with Gasteiger partial charge in [-0.2, -0.15) is 0 Å². The molecule has 1 aromatic rings. The molecule has 0 aliphatic heterocycles. The SMILES string of the molecule is CCCCCCCC(=O)N[C@H](CC(N)O)C(=O)c1ccccc1Cl. The van der Waals surface area contributed by atoms with Gasteiger partial charge in [0.25, 0.3) is 0 Å². The number of amides is 1. The Hall–Kier alpha value is -1.43. The number of carbonyl (C=O) groups excluding carboxylic acids is 2. The van der Waals surface area contributed by atoms with Crippen LogP contribution in [0.15, 0.2) is 24.3 Å². The third kappa shape index (κ3) is 7.43. The number of aliphatic hydroxyl groups excluding tert-OH is 1. The highest BCUT2D eigenvalue weighted by atomic mass is 35.5. The zero-order valence-electron chi connectivity index (χ0n) is 14.1. The molecule has 1 rings (SSSR count). The van der Waals surface area contributed by atoms with Crippen molar-refractivity contribution in [3.63, 3.8) is 0 Å². The van der Waals surface area contributed by atoms with Crippen molar-refractivity contribution in [2.24, 2.45) is 5.73 Å². The zero-order valence-corrected chi connectivity index (χ0v) is 14.9. The van der Waals surface area contributed by atoms with Gasteiger partial charge in [-0.1, -0.05) is 56.3 Å². The van der Waals surface area contributed by atoms with Crippen molar-refractivity contribution in [1.29, 1.82) is 0 Å². The lowest BCUT2D eigenvalue weighted by atomic mass is 10.0. The number of hydrogen-bond acceptors (Lipinski definition) is 4. The van der Waals surface area contributed by atoms with Gasteiger partial charge in [-0.25, -0.2) is 0 Å². The second-order valence-electron chi connectivity index (χ2n) is 5.93. The summed E-state index contributed by atoms with van der Waals surface area (Å²) in [4.78, 5) is 24.7. The van der Waals surface area contributed by atoms with E-state index < -0.39 is 12.3 Å². The summed E-state index contributed by atoms with van der Waals surface area (Å²) in [5.74, 6) is -0.554. The van der Waals surface area contributed by atoms with E-state index in [0.29, 0.717) is 17.0 Å². The van der Waals surface area contributed by atoms with E-state index in [2.05, 4.69) is 12.2 Å². The van der Waals surface area contributed by atoms with E-state index in [-0.39, 0.29) is 18.1 Å². The van der Waals surface area contributed by atoms with Gasteiger partial charge in [0, 0.05) is 18.4 Å². The molecule has 0 saturated heterocycles. The second-order valence-corrected chi connectivity index (χ2v) is 6.34. The number of hydrogen-bond donors (Lipinski definition) is 3. The van der Waals surface area contributed by atoms with E-state index in [0.717, 1.165) is 32.1 Å². The molecule has 6 heteroatoms. The number of nitrogens with two attached hydrogens (primary N) is 1. The van der Waals surface area contributed by atoms with Crippen LogP contribution in [-0.4, -0.2) is 29.1 Å². The number of ketones is 1. The molecular formula is C18H27ClN2O3. The number of nitrogens with one attached hydrogen (secondary N) is 1. The summed E-state index contributed by atoms with van der Waals surface area (Å²) in [5, 5.41) is 12.4. The molecule has 0 bridgehead atoms. The Labute approximate surface area is 148 Å².